The van der Waals surface area contributed by atoms with E-state index in [0.29, 0.717) is 0 Å². The number of carbonyl (C=O) groups excluding carboxylic acids is 1. The summed E-state index contributed by atoms with van der Waals surface area (Å²) in [6.45, 7) is 5.65. The van der Waals surface area contributed by atoms with Crippen molar-refractivity contribution in [2.24, 2.45) is 0 Å². The second kappa shape index (κ2) is 7.82. The lowest BCUT2D eigenvalue weighted by Crippen LogP contribution is -2.13. The Morgan fingerprint density at radius 3 is 2.00 bits per heavy atom. The highest BCUT2D eigenvalue weighted by Gasteiger charge is 2.29. The topological polar surface area (TPSA) is 71.1 Å². The van der Waals surface area contributed by atoms with Gasteiger partial charge in [-0.3, -0.25) is 9.45 Å². The van der Waals surface area contributed by atoms with Crippen LogP contribution in [0, 0.1) is 0 Å². The van der Waals surface area contributed by atoms with Crippen LogP contribution in [-0.4, -0.2) is 32.0 Å². The standard InChI is InChI=1S/C8H17O6P/c1-4-11-14-8(9)7-15(10,12-5-2)13-6-3/h4-7H2,1-3H3. The Bertz CT molecular complexity index is 219. The van der Waals surface area contributed by atoms with Gasteiger partial charge in [0, 0.05) is 0 Å². The van der Waals surface area contributed by atoms with Crippen molar-refractivity contribution in [3.63, 3.8) is 0 Å². The van der Waals surface area contributed by atoms with Crippen molar-refractivity contribution in [1.82, 2.24) is 0 Å². The quantitative estimate of drug-likeness (QED) is 0.365. The van der Waals surface area contributed by atoms with E-state index in [4.69, 9.17) is 9.05 Å². The minimum Gasteiger partial charge on any atom is -0.308 e. The predicted octanol–water partition coefficient (Wildman–Crippen LogP) is 1.75. The first-order valence-electron chi connectivity index (χ1n) is 4.78. The van der Waals surface area contributed by atoms with Crippen molar-refractivity contribution in [3.8, 4) is 0 Å². The number of hydrogen-bond acceptors (Lipinski definition) is 6. The zero-order chi connectivity index (χ0) is 11.7. The molecule has 0 radical (unpaired) electrons. The van der Waals surface area contributed by atoms with Crippen molar-refractivity contribution in [2.45, 2.75) is 20.8 Å². The highest BCUT2D eigenvalue weighted by molar-refractivity contribution is 7.54. The molecule has 0 rings (SSSR count). The molecule has 0 spiro atoms. The summed E-state index contributed by atoms with van der Waals surface area (Å²) in [6.07, 6.45) is -0.436. The largest absolute Gasteiger partial charge is 0.354 e. The van der Waals surface area contributed by atoms with E-state index in [1.165, 1.54) is 0 Å². The smallest absolute Gasteiger partial charge is 0.308 e. The van der Waals surface area contributed by atoms with E-state index in [0.717, 1.165) is 0 Å². The molecule has 0 aromatic heterocycles. The molecule has 0 amide bonds. The first-order valence-corrected chi connectivity index (χ1v) is 6.51. The van der Waals surface area contributed by atoms with Gasteiger partial charge in [-0.15, -0.1) is 0 Å². The van der Waals surface area contributed by atoms with Crippen molar-refractivity contribution in [3.05, 3.63) is 0 Å². The Kier molecular flexibility index (Phi) is 7.60. The maximum absolute atomic E-state index is 11.8. The van der Waals surface area contributed by atoms with Crippen LogP contribution in [-0.2, 0) is 28.2 Å². The minimum atomic E-state index is -3.37. The zero-order valence-corrected chi connectivity index (χ0v) is 10.1. The molecule has 0 aromatic rings. The van der Waals surface area contributed by atoms with Gasteiger partial charge < -0.3 is 9.05 Å². The summed E-state index contributed by atoms with van der Waals surface area (Å²) in [4.78, 5) is 19.8. The molecule has 0 aliphatic rings. The number of rotatable bonds is 8. The van der Waals surface area contributed by atoms with Gasteiger partial charge in [0.25, 0.3) is 0 Å². The highest BCUT2D eigenvalue weighted by atomic mass is 31.2. The van der Waals surface area contributed by atoms with Crippen LogP contribution in [0.3, 0.4) is 0 Å². The Balaban J connectivity index is 4.15. The van der Waals surface area contributed by atoms with Gasteiger partial charge in [-0.2, -0.15) is 4.89 Å². The fraction of sp³-hybridized carbons (Fsp3) is 0.875. The summed E-state index contributed by atoms with van der Waals surface area (Å²) in [5, 5.41) is 0. The van der Waals surface area contributed by atoms with Crippen LogP contribution in [0.1, 0.15) is 20.8 Å². The first kappa shape index (κ1) is 14.6. The third kappa shape index (κ3) is 6.62. The third-order valence-corrected chi connectivity index (χ3v) is 3.19. The Morgan fingerprint density at radius 1 is 1.07 bits per heavy atom. The van der Waals surface area contributed by atoms with E-state index in [-0.39, 0.29) is 19.8 Å². The maximum atomic E-state index is 11.8. The normalized spacial score (nSPS) is 11.4. The second-order valence-electron chi connectivity index (χ2n) is 2.47. The molecule has 0 N–H and O–H groups in total. The maximum Gasteiger partial charge on any atom is 0.354 e. The number of carbonyl (C=O) groups is 1. The van der Waals surface area contributed by atoms with E-state index >= 15 is 0 Å². The van der Waals surface area contributed by atoms with Gasteiger partial charge in [0.15, 0.2) is 6.16 Å². The van der Waals surface area contributed by atoms with Crippen molar-refractivity contribution in [2.75, 3.05) is 26.0 Å². The van der Waals surface area contributed by atoms with Gasteiger partial charge in [0.2, 0.25) is 0 Å². The highest BCUT2D eigenvalue weighted by Crippen LogP contribution is 2.47. The molecule has 15 heavy (non-hydrogen) atoms. The van der Waals surface area contributed by atoms with Gasteiger partial charge in [0.05, 0.1) is 19.8 Å². The van der Waals surface area contributed by atoms with Gasteiger partial charge in [-0.25, -0.2) is 4.79 Å². The predicted molar refractivity (Wildman–Crippen MR) is 53.4 cm³/mol. The lowest BCUT2D eigenvalue weighted by atomic mass is 10.8. The van der Waals surface area contributed by atoms with Crippen molar-refractivity contribution in [1.29, 1.82) is 0 Å². The van der Waals surface area contributed by atoms with Crippen LogP contribution in [0.4, 0.5) is 0 Å². The molecule has 0 atom stereocenters. The SMILES string of the molecule is CCOOC(=O)CP(=O)(OCC)OCC. The first-order chi connectivity index (χ1) is 7.08. The molecule has 0 unspecified atom stereocenters. The molecule has 0 aliphatic carbocycles. The Hall–Kier alpha value is -0.420. The van der Waals surface area contributed by atoms with Crippen LogP contribution < -0.4 is 0 Å². The summed E-state index contributed by atoms with van der Waals surface area (Å²) < 4.78 is 21.6. The lowest BCUT2D eigenvalue weighted by Gasteiger charge is -2.15. The van der Waals surface area contributed by atoms with Crippen LogP contribution >= 0.6 is 7.60 Å². The van der Waals surface area contributed by atoms with Gasteiger partial charge >= 0.3 is 13.6 Å². The average Bonchev–Trinajstić information content (AvgIpc) is 2.15. The molecule has 0 aromatic carbocycles. The van der Waals surface area contributed by atoms with Gasteiger partial charge in [-0.1, -0.05) is 0 Å². The molecule has 90 valence electrons. The minimum absolute atomic E-state index is 0.208. The monoisotopic (exact) mass is 240 g/mol. The van der Waals surface area contributed by atoms with E-state index in [1.807, 2.05) is 0 Å². The van der Waals surface area contributed by atoms with Crippen LogP contribution in [0.15, 0.2) is 0 Å². The van der Waals surface area contributed by atoms with Crippen LogP contribution in [0.5, 0.6) is 0 Å². The molecule has 0 aliphatic heterocycles. The van der Waals surface area contributed by atoms with E-state index in [1.54, 1.807) is 20.8 Å². The molecule has 6 nitrogen and oxygen atoms in total. The lowest BCUT2D eigenvalue weighted by molar-refractivity contribution is -0.267. The summed E-state index contributed by atoms with van der Waals surface area (Å²) in [5.41, 5.74) is 0. The molecule has 0 bridgehead atoms. The molecular weight excluding hydrogens is 223 g/mol. The van der Waals surface area contributed by atoms with E-state index in [2.05, 4.69) is 9.78 Å². The summed E-state index contributed by atoms with van der Waals surface area (Å²) in [5.74, 6) is -0.762. The molecule has 0 saturated heterocycles. The van der Waals surface area contributed by atoms with E-state index < -0.39 is 19.7 Å². The summed E-state index contributed by atoms with van der Waals surface area (Å²) >= 11 is 0. The molecule has 7 heteroatoms. The third-order valence-electron chi connectivity index (χ3n) is 1.24. The summed E-state index contributed by atoms with van der Waals surface area (Å²) in [7, 11) is -3.37. The van der Waals surface area contributed by atoms with Crippen molar-refractivity contribution >= 4 is 13.6 Å². The molecule has 0 saturated carbocycles. The second-order valence-corrected chi connectivity index (χ2v) is 4.52. The zero-order valence-electron chi connectivity index (χ0n) is 9.23. The molecule has 0 heterocycles. The molecular formula is C8H17O6P. The van der Waals surface area contributed by atoms with Gasteiger partial charge in [-0.05, 0) is 20.8 Å². The van der Waals surface area contributed by atoms with E-state index in [9.17, 15) is 9.36 Å². The summed E-state index contributed by atoms with van der Waals surface area (Å²) in [6, 6.07) is 0. The van der Waals surface area contributed by atoms with Gasteiger partial charge in [0.1, 0.15) is 0 Å². The Labute approximate surface area is 89.3 Å². The molecule has 0 fully saturated rings. The van der Waals surface area contributed by atoms with Crippen molar-refractivity contribution < 1.29 is 28.2 Å². The fourth-order valence-electron chi connectivity index (χ4n) is 0.831. The average molecular weight is 240 g/mol. The fourth-order valence-corrected chi connectivity index (χ4v) is 2.24. The van der Waals surface area contributed by atoms with Crippen LogP contribution in [0.25, 0.3) is 0 Å². The van der Waals surface area contributed by atoms with Crippen LogP contribution in [0.2, 0.25) is 0 Å². The Morgan fingerprint density at radius 2 is 1.60 bits per heavy atom. The number of hydrogen-bond donors (Lipinski definition) is 0.